The van der Waals surface area contributed by atoms with E-state index >= 15 is 0 Å². The van der Waals surface area contributed by atoms with Crippen LogP contribution in [0.2, 0.25) is 5.02 Å². The molecular weight excluding hydrogens is 348 g/mol. The molecule has 2 aromatic heterocycles. The molecular formula is C16H15ClN4O4. The monoisotopic (exact) mass is 362 g/mol. The standard InChI is InChI=1S/C16H15ClN4O4/c1-16(2,3)25-15(24)20-13-12-6-18-7-21(12)11-4-8(14(22)23)9(17)5-10(11)19-13/h4-7H,1-3H3,(H,22,23)(H,19,20,24). The summed E-state index contributed by atoms with van der Waals surface area (Å²) in [6, 6.07) is 2.85. The molecule has 25 heavy (non-hydrogen) atoms. The summed E-state index contributed by atoms with van der Waals surface area (Å²) < 4.78 is 6.85. The van der Waals surface area contributed by atoms with Gasteiger partial charge in [0.2, 0.25) is 0 Å². The van der Waals surface area contributed by atoms with Crippen molar-refractivity contribution < 1.29 is 19.4 Å². The highest BCUT2D eigenvalue weighted by molar-refractivity contribution is 6.34. The molecule has 0 atom stereocenters. The molecule has 130 valence electrons. The predicted molar refractivity (Wildman–Crippen MR) is 92.3 cm³/mol. The number of carbonyl (C=O) groups is 2. The van der Waals surface area contributed by atoms with Crippen LogP contribution in [0.15, 0.2) is 24.7 Å². The van der Waals surface area contributed by atoms with Crippen LogP contribution in [0.4, 0.5) is 10.6 Å². The van der Waals surface area contributed by atoms with Crippen molar-refractivity contribution in [2.24, 2.45) is 0 Å². The average molecular weight is 363 g/mol. The van der Waals surface area contributed by atoms with Crippen LogP contribution in [0, 0.1) is 0 Å². The van der Waals surface area contributed by atoms with E-state index in [0.29, 0.717) is 16.6 Å². The molecule has 1 aromatic carbocycles. The zero-order chi connectivity index (χ0) is 18.4. The molecule has 2 N–H and O–H groups in total. The zero-order valence-corrected chi connectivity index (χ0v) is 14.5. The summed E-state index contributed by atoms with van der Waals surface area (Å²) in [7, 11) is 0. The molecule has 0 unspecified atom stereocenters. The Morgan fingerprint density at radius 1 is 1.28 bits per heavy atom. The van der Waals surface area contributed by atoms with Crippen molar-refractivity contribution in [3.8, 4) is 0 Å². The van der Waals surface area contributed by atoms with Gasteiger partial charge in [-0.3, -0.25) is 9.72 Å². The van der Waals surface area contributed by atoms with Gasteiger partial charge in [-0.1, -0.05) is 11.6 Å². The van der Waals surface area contributed by atoms with E-state index in [0.717, 1.165) is 0 Å². The molecule has 0 spiro atoms. The molecule has 8 nitrogen and oxygen atoms in total. The predicted octanol–water partition coefficient (Wildman–Crippen LogP) is 3.58. The number of fused-ring (bicyclic) bond motifs is 3. The number of ether oxygens (including phenoxy) is 1. The molecule has 3 aromatic rings. The van der Waals surface area contributed by atoms with Crippen molar-refractivity contribution in [3.05, 3.63) is 35.2 Å². The van der Waals surface area contributed by atoms with Crippen LogP contribution >= 0.6 is 11.6 Å². The highest BCUT2D eigenvalue weighted by atomic mass is 35.5. The average Bonchev–Trinajstić information content (AvgIpc) is 2.94. The maximum Gasteiger partial charge on any atom is 0.413 e. The molecule has 0 aliphatic carbocycles. The molecule has 0 aliphatic heterocycles. The van der Waals surface area contributed by atoms with Crippen molar-refractivity contribution in [2.45, 2.75) is 26.4 Å². The third kappa shape index (κ3) is 3.34. The summed E-state index contributed by atoms with van der Waals surface area (Å²) >= 11 is 6.01. The number of hydrogen-bond acceptors (Lipinski definition) is 5. The lowest BCUT2D eigenvalue weighted by Crippen LogP contribution is -2.27. The lowest BCUT2D eigenvalue weighted by atomic mass is 10.2. The number of carbonyl (C=O) groups excluding carboxylic acids is 1. The first-order chi connectivity index (χ1) is 11.7. The Morgan fingerprint density at radius 2 is 2.00 bits per heavy atom. The molecule has 0 saturated heterocycles. The number of amides is 1. The van der Waals surface area contributed by atoms with Crippen LogP contribution in [-0.2, 0) is 4.74 Å². The fraction of sp³-hybridized carbons (Fsp3) is 0.250. The number of benzene rings is 1. The fourth-order valence-corrected chi connectivity index (χ4v) is 2.57. The summed E-state index contributed by atoms with van der Waals surface area (Å²) in [6.45, 7) is 5.26. The van der Waals surface area contributed by atoms with Crippen LogP contribution in [0.25, 0.3) is 16.6 Å². The molecule has 3 rings (SSSR count). The Labute approximate surface area is 147 Å². The molecule has 0 radical (unpaired) electrons. The lowest BCUT2D eigenvalue weighted by molar-refractivity contribution is 0.0633. The van der Waals surface area contributed by atoms with E-state index in [9.17, 15) is 14.7 Å². The van der Waals surface area contributed by atoms with Crippen molar-refractivity contribution in [1.82, 2.24) is 14.4 Å². The number of nitrogens with zero attached hydrogens (tertiary/aromatic N) is 3. The number of aromatic carboxylic acids is 1. The van der Waals surface area contributed by atoms with Crippen LogP contribution in [0.3, 0.4) is 0 Å². The molecule has 0 aliphatic rings. The van der Waals surface area contributed by atoms with Crippen LogP contribution in [-0.4, -0.2) is 37.1 Å². The Balaban J connectivity index is 2.14. The SMILES string of the molecule is CC(C)(C)OC(=O)Nc1nc2cc(Cl)c(C(=O)O)cc2n2cncc12. The van der Waals surface area contributed by atoms with Gasteiger partial charge in [0.1, 0.15) is 11.1 Å². The molecule has 1 amide bonds. The summed E-state index contributed by atoms with van der Waals surface area (Å²) in [5.41, 5.74) is 0.711. The Bertz CT molecular complexity index is 1010. The maximum atomic E-state index is 12.0. The van der Waals surface area contributed by atoms with Gasteiger partial charge in [-0.25, -0.2) is 19.6 Å². The van der Waals surface area contributed by atoms with Gasteiger partial charge in [-0.05, 0) is 32.9 Å². The second kappa shape index (κ2) is 5.89. The van der Waals surface area contributed by atoms with Crippen molar-refractivity contribution in [3.63, 3.8) is 0 Å². The minimum atomic E-state index is -1.14. The molecule has 9 heteroatoms. The maximum absolute atomic E-state index is 12.0. The summed E-state index contributed by atoms with van der Waals surface area (Å²) in [6.07, 6.45) is 2.35. The highest BCUT2D eigenvalue weighted by Crippen LogP contribution is 2.27. The number of imidazole rings is 1. The van der Waals surface area contributed by atoms with Crippen molar-refractivity contribution >= 4 is 46.0 Å². The Kier molecular flexibility index (Phi) is 4.00. The van der Waals surface area contributed by atoms with E-state index < -0.39 is 17.7 Å². The van der Waals surface area contributed by atoms with Gasteiger partial charge in [0.05, 0.1) is 34.1 Å². The Morgan fingerprint density at radius 3 is 2.64 bits per heavy atom. The highest BCUT2D eigenvalue weighted by Gasteiger charge is 2.19. The zero-order valence-electron chi connectivity index (χ0n) is 13.7. The quantitative estimate of drug-likeness (QED) is 0.721. The molecule has 2 heterocycles. The van der Waals surface area contributed by atoms with Crippen molar-refractivity contribution in [2.75, 3.05) is 5.32 Å². The second-order valence-corrected chi connectivity index (χ2v) is 6.77. The summed E-state index contributed by atoms with van der Waals surface area (Å²) in [5, 5.41) is 11.9. The first kappa shape index (κ1) is 17.0. The summed E-state index contributed by atoms with van der Waals surface area (Å²) in [5.74, 6) is -0.908. The van der Waals surface area contributed by atoms with E-state index in [1.807, 2.05) is 0 Å². The molecule has 0 fully saturated rings. The lowest BCUT2D eigenvalue weighted by Gasteiger charge is -2.19. The molecule has 0 bridgehead atoms. The third-order valence-electron chi connectivity index (χ3n) is 3.29. The van der Waals surface area contributed by atoms with Crippen LogP contribution in [0.1, 0.15) is 31.1 Å². The van der Waals surface area contributed by atoms with E-state index in [1.54, 1.807) is 25.2 Å². The van der Waals surface area contributed by atoms with Crippen LogP contribution < -0.4 is 5.32 Å². The first-order valence-corrected chi connectivity index (χ1v) is 7.72. The van der Waals surface area contributed by atoms with Gasteiger partial charge in [-0.15, -0.1) is 0 Å². The van der Waals surface area contributed by atoms with Gasteiger partial charge < -0.3 is 9.84 Å². The number of halogens is 1. The van der Waals surface area contributed by atoms with Gasteiger partial charge in [0.25, 0.3) is 0 Å². The van der Waals surface area contributed by atoms with Gasteiger partial charge in [0.15, 0.2) is 5.82 Å². The van der Waals surface area contributed by atoms with E-state index in [1.165, 1.54) is 24.7 Å². The normalized spacial score (nSPS) is 11.7. The number of anilines is 1. The van der Waals surface area contributed by atoms with Gasteiger partial charge in [0, 0.05) is 0 Å². The fourth-order valence-electron chi connectivity index (χ4n) is 2.33. The van der Waals surface area contributed by atoms with Crippen molar-refractivity contribution in [1.29, 1.82) is 0 Å². The largest absolute Gasteiger partial charge is 0.478 e. The van der Waals surface area contributed by atoms with Gasteiger partial charge >= 0.3 is 12.1 Å². The first-order valence-electron chi connectivity index (χ1n) is 7.34. The number of aromatic nitrogens is 3. The number of carboxylic acid groups (broad SMARTS) is 1. The number of rotatable bonds is 2. The topological polar surface area (TPSA) is 106 Å². The molecule has 0 saturated carbocycles. The number of hydrogen-bond donors (Lipinski definition) is 2. The Hall–Kier alpha value is -2.87. The number of nitrogens with one attached hydrogen (secondary N) is 1. The minimum Gasteiger partial charge on any atom is -0.478 e. The minimum absolute atomic E-state index is 0.0428. The van der Waals surface area contributed by atoms with Gasteiger partial charge in [-0.2, -0.15) is 0 Å². The number of carboxylic acids is 1. The van der Waals surface area contributed by atoms with E-state index in [-0.39, 0.29) is 16.4 Å². The van der Waals surface area contributed by atoms with E-state index in [4.69, 9.17) is 16.3 Å². The van der Waals surface area contributed by atoms with E-state index in [2.05, 4.69) is 15.3 Å². The second-order valence-electron chi connectivity index (χ2n) is 6.36. The van der Waals surface area contributed by atoms with Crippen LogP contribution in [0.5, 0.6) is 0 Å². The third-order valence-corrected chi connectivity index (χ3v) is 3.60. The summed E-state index contributed by atoms with van der Waals surface area (Å²) in [4.78, 5) is 31.7. The smallest absolute Gasteiger partial charge is 0.413 e.